The molecule has 128 valence electrons. The van der Waals surface area contributed by atoms with Crippen molar-refractivity contribution in [1.29, 1.82) is 0 Å². The lowest BCUT2D eigenvalue weighted by molar-refractivity contribution is -0.115. The first-order valence-electron chi connectivity index (χ1n) is 8.24. The second kappa shape index (κ2) is 5.16. The SMILES string of the molecule is O=C1NC2C=CC=CC2=C1c1cc(-c2c[nH]c3ccc(O)cc23)[nH]c1O. The maximum Gasteiger partial charge on any atom is 0.253 e. The number of aromatic hydroxyl groups is 2. The van der Waals surface area contributed by atoms with Crippen molar-refractivity contribution in [2.75, 3.05) is 0 Å². The standard InChI is InChI=1S/C20H15N3O3/c24-10-5-6-15-12(7-10)14(9-21-15)17-8-13(19(25)23-17)18-11-3-1-2-4-16(11)22-20(18)26/h1-9,16,21,23-25H,(H,22,26). The van der Waals surface area contributed by atoms with E-state index in [-0.39, 0.29) is 23.6 Å². The number of aromatic amines is 2. The molecule has 5 N–H and O–H groups in total. The average Bonchev–Trinajstić information content (AvgIpc) is 3.28. The maximum atomic E-state index is 12.4. The number of hydrogen-bond donors (Lipinski definition) is 5. The number of carbonyl (C=O) groups excluding carboxylic acids is 1. The first kappa shape index (κ1) is 14.7. The van der Waals surface area contributed by atoms with E-state index in [4.69, 9.17) is 0 Å². The van der Waals surface area contributed by atoms with Gasteiger partial charge < -0.3 is 25.5 Å². The average molecular weight is 345 g/mol. The van der Waals surface area contributed by atoms with Gasteiger partial charge in [0.25, 0.3) is 5.91 Å². The molecule has 0 spiro atoms. The zero-order valence-electron chi connectivity index (χ0n) is 13.6. The van der Waals surface area contributed by atoms with Gasteiger partial charge in [-0.2, -0.15) is 0 Å². The van der Waals surface area contributed by atoms with Crippen LogP contribution in [0.3, 0.4) is 0 Å². The fourth-order valence-corrected chi connectivity index (χ4v) is 3.64. The van der Waals surface area contributed by atoms with Gasteiger partial charge in [0.2, 0.25) is 0 Å². The number of allylic oxidation sites excluding steroid dienone is 2. The van der Waals surface area contributed by atoms with Crippen LogP contribution >= 0.6 is 0 Å². The highest BCUT2D eigenvalue weighted by Crippen LogP contribution is 2.39. The summed E-state index contributed by atoms with van der Waals surface area (Å²) >= 11 is 0. The fraction of sp³-hybridized carbons (Fsp3) is 0.0500. The third kappa shape index (κ3) is 2.02. The Hall–Kier alpha value is -3.67. The molecule has 0 radical (unpaired) electrons. The summed E-state index contributed by atoms with van der Waals surface area (Å²) in [6, 6.07) is 6.66. The Labute approximate surface area is 148 Å². The van der Waals surface area contributed by atoms with E-state index in [2.05, 4.69) is 15.3 Å². The molecule has 1 aliphatic heterocycles. The van der Waals surface area contributed by atoms with E-state index in [0.29, 0.717) is 16.8 Å². The molecule has 2 aromatic heterocycles. The van der Waals surface area contributed by atoms with Gasteiger partial charge >= 0.3 is 0 Å². The number of H-pyrrole nitrogens is 2. The molecule has 26 heavy (non-hydrogen) atoms. The number of aromatic nitrogens is 2. The summed E-state index contributed by atoms with van der Waals surface area (Å²) in [7, 11) is 0. The highest BCUT2D eigenvalue weighted by Gasteiger charge is 2.32. The van der Waals surface area contributed by atoms with E-state index in [0.717, 1.165) is 22.0 Å². The van der Waals surface area contributed by atoms with Crippen molar-refractivity contribution >= 4 is 22.4 Å². The molecule has 5 rings (SSSR count). The summed E-state index contributed by atoms with van der Waals surface area (Å²) in [5.41, 5.74) is 4.11. The van der Waals surface area contributed by atoms with Crippen molar-refractivity contribution in [1.82, 2.24) is 15.3 Å². The van der Waals surface area contributed by atoms with Crippen LogP contribution in [-0.2, 0) is 4.79 Å². The van der Waals surface area contributed by atoms with Crippen LogP contribution in [0.2, 0.25) is 0 Å². The van der Waals surface area contributed by atoms with Crippen LogP contribution in [-0.4, -0.2) is 32.1 Å². The largest absolute Gasteiger partial charge is 0.508 e. The van der Waals surface area contributed by atoms with Crippen LogP contribution in [0.25, 0.3) is 27.7 Å². The van der Waals surface area contributed by atoms with Crippen molar-refractivity contribution < 1.29 is 15.0 Å². The van der Waals surface area contributed by atoms with Gasteiger partial charge in [-0.25, -0.2) is 0 Å². The second-order valence-corrected chi connectivity index (χ2v) is 6.40. The quantitative estimate of drug-likeness (QED) is 0.493. The van der Waals surface area contributed by atoms with E-state index in [9.17, 15) is 15.0 Å². The molecule has 0 saturated carbocycles. The molecule has 3 aromatic rings. The lowest BCUT2D eigenvalue weighted by atomic mass is 9.97. The normalized spacial score (nSPS) is 18.6. The minimum atomic E-state index is -0.210. The molecule has 1 aromatic carbocycles. The molecule has 1 unspecified atom stereocenters. The number of phenolic OH excluding ortho intramolecular Hbond substituents is 1. The third-order valence-corrected chi connectivity index (χ3v) is 4.85. The molecule has 0 saturated heterocycles. The Morgan fingerprint density at radius 3 is 2.81 bits per heavy atom. The van der Waals surface area contributed by atoms with Gasteiger partial charge in [-0.15, -0.1) is 0 Å². The predicted octanol–water partition coefficient (Wildman–Crippen LogP) is 2.95. The Morgan fingerprint density at radius 1 is 1.04 bits per heavy atom. The number of hydrogen-bond acceptors (Lipinski definition) is 3. The third-order valence-electron chi connectivity index (χ3n) is 4.85. The number of fused-ring (bicyclic) bond motifs is 2. The summed E-state index contributed by atoms with van der Waals surface area (Å²) in [6.07, 6.45) is 9.36. The van der Waals surface area contributed by atoms with Gasteiger partial charge in [0.05, 0.1) is 17.3 Å². The van der Waals surface area contributed by atoms with Crippen LogP contribution < -0.4 is 5.32 Å². The summed E-state index contributed by atoms with van der Waals surface area (Å²) < 4.78 is 0. The van der Waals surface area contributed by atoms with Crippen LogP contribution in [0.15, 0.2) is 60.3 Å². The molecule has 6 heteroatoms. The fourth-order valence-electron chi connectivity index (χ4n) is 3.64. The van der Waals surface area contributed by atoms with Crippen molar-refractivity contribution in [2.45, 2.75) is 6.04 Å². The van der Waals surface area contributed by atoms with Crippen LogP contribution in [0.5, 0.6) is 11.6 Å². The van der Waals surface area contributed by atoms with Crippen molar-refractivity contribution in [3.05, 3.63) is 65.9 Å². The van der Waals surface area contributed by atoms with E-state index in [1.165, 1.54) is 0 Å². The molecule has 0 bridgehead atoms. The predicted molar refractivity (Wildman–Crippen MR) is 98.5 cm³/mol. The van der Waals surface area contributed by atoms with Gasteiger partial charge in [-0.05, 0) is 29.8 Å². The molecule has 6 nitrogen and oxygen atoms in total. The number of nitrogens with one attached hydrogen (secondary N) is 3. The molecule has 1 atom stereocenters. The molecule has 0 fully saturated rings. The topological polar surface area (TPSA) is 101 Å². The molecule has 3 heterocycles. The minimum Gasteiger partial charge on any atom is -0.508 e. The van der Waals surface area contributed by atoms with Crippen LogP contribution in [0.1, 0.15) is 5.56 Å². The number of benzene rings is 1. The van der Waals surface area contributed by atoms with Gasteiger partial charge in [-0.3, -0.25) is 4.79 Å². The molecule has 1 aliphatic carbocycles. The summed E-state index contributed by atoms with van der Waals surface area (Å²) in [5.74, 6) is -0.106. The number of amides is 1. The number of phenols is 1. The number of rotatable bonds is 2. The zero-order chi connectivity index (χ0) is 17.8. The number of carbonyl (C=O) groups is 1. The first-order valence-corrected chi connectivity index (χ1v) is 8.24. The van der Waals surface area contributed by atoms with E-state index in [1.807, 2.05) is 24.3 Å². The van der Waals surface area contributed by atoms with E-state index < -0.39 is 0 Å². The molecular formula is C20H15N3O3. The van der Waals surface area contributed by atoms with Crippen LogP contribution in [0, 0.1) is 0 Å². The Balaban J connectivity index is 1.67. The summed E-state index contributed by atoms with van der Waals surface area (Å²) in [5, 5.41) is 23.9. The molecular weight excluding hydrogens is 330 g/mol. The molecule has 1 amide bonds. The lowest BCUT2D eigenvalue weighted by Gasteiger charge is -2.09. The van der Waals surface area contributed by atoms with E-state index in [1.54, 1.807) is 30.5 Å². The van der Waals surface area contributed by atoms with Crippen LogP contribution in [0.4, 0.5) is 0 Å². The Kier molecular flexibility index (Phi) is 2.91. The highest BCUT2D eigenvalue weighted by atomic mass is 16.3. The van der Waals surface area contributed by atoms with Gasteiger partial charge in [0, 0.05) is 28.2 Å². The molecule has 2 aliphatic rings. The van der Waals surface area contributed by atoms with E-state index >= 15 is 0 Å². The van der Waals surface area contributed by atoms with Gasteiger partial charge in [-0.1, -0.05) is 24.3 Å². The first-order chi connectivity index (χ1) is 12.6. The smallest absolute Gasteiger partial charge is 0.253 e. The minimum absolute atomic E-state index is 0.0595. The monoisotopic (exact) mass is 345 g/mol. The lowest BCUT2D eigenvalue weighted by Crippen LogP contribution is -2.27. The Bertz CT molecular complexity index is 1160. The van der Waals surface area contributed by atoms with Crippen molar-refractivity contribution in [3.63, 3.8) is 0 Å². The Morgan fingerprint density at radius 2 is 1.92 bits per heavy atom. The summed E-state index contributed by atoms with van der Waals surface area (Å²) in [4.78, 5) is 18.5. The van der Waals surface area contributed by atoms with Crippen molar-refractivity contribution in [3.8, 4) is 22.9 Å². The highest BCUT2D eigenvalue weighted by molar-refractivity contribution is 6.25. The van der Waals surface area contributed by atoms with Crippen molar-refractivity contribution in [2.24, 2.45) is 0 Å². The van der Waals surface area contributed by atoms with Gasteiger partial charge in [0.15, 0.2) is 5.88 Å². The second-order valence-electron chi connectivity index (χ2n) is 6.40. The zero-order valence-corrected chi connectivity index (χ0v) is 13.6. The summed E-state index contributed by atoms with van der Waals surface area (Å²) in [6.45, 7) is 0. The van der Waals surface area contributed by atoms with Gasteiger partial charge in [0.1, 0.15) is 5.75 Å². The maximum absolute atomic E-state index is 12.4.